The van der Waals surface area contributed by atoms with Gasteiger partial charge in [0.05, 0.1) is 11.7 Å². The first-order chi connectivity index (χ1) is 8.86. The zero-order chi connectivity index (χ0) is 12.4. The van der Waals surface area contributed by atoms with Gasteiger partial charge in [0.2, 0.25) is 0 Å². The van der Waals surface area contributed by atoms with Crippen molar-refractivity contribution in [2.24, 2.45) is 5.73 Å². The molecule has 0 aromatic carbocycles. The number of tetrazole rings is 1. The van der Waals surface area contributed by atoms with E-state index in [1.165, 1.54) is 0 Å². The van der Waals surface area contributed by atoms with Crippen molar-refractivity contribution in [2.75, 3.05) is 6.54 Å². The fraction of sp³-hybridized carbons (Fsp3) is 0.700. The Labute approximate surface area is 104 Å². The first-order valence-corrected chi connectivity index (χ1v) is 6.22. The van der Waals surface area contributed by atoms with E-state index >= 15 is 0 Å². The topological polar surface area (TPSA) is 100 Å². The predicted molar refractivity (Wildman–Crippen MR) is 62.6 cm³/mol. The van der Waals surface area contributed by atoms with Gasteiger partial charge >= 0.3 is 0 Å². The van der Waals surface area contributed by atoms with Crippen molar-refractivity contribution >= 4 is 0 Å². The Hall–Kier alpha value is -1.83. The smallest absolute Gasteiger partial charge is 0.173 e. The molecule has 8 nitrogen and oxygen atoms in total. The third-order valence-electron chi connectivity index (χ3n) is 2.98. The molecule has 2 N–H and O–H groups in total. The molecule has 2 aromatic rings. The second kappa shape index (κ2) is 4.81. The van der Waals surface area contributed by atoms with Gasteiger partial charge < -0.3 is 5.73 Å². The number of nitrogens with two attached hydrogens (primary N) is 1. The fourth-order valence-corrected chi connectivity index (χ4v) is 1.88. The molecule has 0 amide bonds. The van der Waals surface area contributed by atoms with Crippen LogP contribution in [0.5, 0.6) is 0 Å². The van der Waals surface area contributed by atoms with Crippen LogP contribution in [0.25, 0.3) is 0 Å². The highest BCUT2D eigenvalue weighted by Crippen LogP contribution is 2.34. The van der Waals surface area contributed by atoms with Crippen LogP contribution in [0.1, 0.15) is 36.8 Å². The summed E-state index contributed by atoms with van der Waals surface area (Å²) >= 11 is 0. The maximum Gasteiger partial charge on any atom is 0.173 e. The zero-order valence-electron chi connectivity index (χ0n) is 10.1. The second-order valence-electron chi connectivity index (χ2n) is 4.57. The molecule has 0 unspecified atom stereocenters. The highest BCUT2D eigenvalue weighted by atomic mass is 15.6. The van der Waals surface area contributed by atoms with Crippen LogP contribution >= 0.6 is 0 Å². The summed E-state index contributed by atoms with van der Waals surface area (Å²) in [6.07, 6.45) is 6.05. The molecule has 2 heterocycles. The van der Waals surface area contributed by atoms with E-state index < -0.39 is 0 Å². The predicted octanol–water partition coefficient (Wildman–Crippen LogP) is -0.461. The molecule has 0 atom stereocenters. The van der Waals surface area contributed by atoms with Gasteiger partial charge in [-0.3, -0.25) is 0 Å². The van der Waals surface area contributed by atoms with Crippen molar-refractivity contribution in [3.63, 3.8) is 0 Å². The van der Waals surface area contributed by atoms with Crippen molar-refractivity contribution in [3.8, 4) is 0 Å². The Morgan fingerprint density at radius 3 is 2.94 bits per heavy atom. The van der Waals surface area contributed by atoms with E-state index in [4.69, 9.17) is 5.73 Å². The van der Waals surface area contributed by atoms with E-state index in [1.807, 2.05) is 10.9 Å². The molecule has 2 aromatic heterocycles. The normalized spacial score (nSPS) is 15.2. The molecular weight excluding hydrogens is 232 g/mol. The van der Waals surface area contributed by atoms with Crippen LogP contribution in [-0.2, 0) is 13.0 Å². The summed E-state index contributed by atoms with van der Waals surface area (Å²) in [6, 6.07) is 0.482. The summed E-state index contributed by atoms with van der Waals surface area (Å²) in [6.45, 7) is 1.24. The molecule has 0 radical (unpaired) electrons. The molecule has 0 spiro atoms. The van der Waals surface area contributed by atoms with Crippen LogP contribution in [0, 0.1) is 0 Å². The van der Waals surface area contributed by atoms with Gasteiger partial charge in [0, 0.05) is 6.20 Å². The SMILES string of the molecule is NCCCc1cn(Cc2nnnn2C2CC2)nn1. The molecule has 18 heavy (non-hydrogen) atoms. The second-order valence-corrected chi connectivity index (χ2v) is 4.57. The average Bonchev–Trinajstić information content (AvgIpc) is 2.96. The molecule has 1 aliphatic carbocycles. The number of rotatable bonds is 6. The summed E-state index contributed by atoms with van der Waals surface area (Å²) in [5.74, 6) is 0.841. The minimum Gasteiger partial charge on any atom is -0.330 e. The van der Waals surface area contributed by atoms with Crippen LogP contribution in [0.2, 0.25) is 0 Å². The van der Waals surface area contributed by atoms with Gasteiger partial charge in [0.25, 0.3) is 0 Å². The Morgan fingerprint density at radius 2 is 2.17 bits per heavy atom. The summed E-state index contributed by atoms with van der Waals surface area (Å²) in [4.78, 5) is 0. The molecular formula is C10H16N8. The van der Waals surface area contributed by atoms with E-state index in [-0.39, 0.29) is 0 Å². The fourth-order valence-electron chi connectivity index (χ4n) is 1.88. The van der Waals surface area contributed by atoms with Gasteiger partial charge in [-0.05, 0) is 42.7 Å². The van der Waals surface area contributed by atoms with Crippen LogP contribution < -0.4 is 5.73 Å². The lowest BCUT2D eigenvalue weighted by molar-refractivity contribution is 0.543. The van der Waals surface area contributed by atoms with Crippen molar-refractivity contribution in [1.29, 1.82) is 0 Å². The summed E-state index contributed by atoms with van der Waals surface area (Å²) in [7, 11) is 0. The van der Waals surface area contributed by atoms with E-state index in [1.54, 1.807) is 4.68 Å². The first-order valence-electron chi connectivity index (χ1n) is 6.22. The maximum atomic E-state index is 5.47. The molecule has 0 bridgehead atoms. The molecule has 8 heteroatoms. The van der Waals surface area contributed by atoms with Crippen LogP contribution in [-0.4, -0.2) is 41.7 Å². The van der Waals surface area contributed by atoms with E-state index in [0.29, 0.717) is 19.1 Å². The lowest BCUT2D eigenvalue weighted by atomic mass is 10.2. The van der Waals surface area contributed by atoms with E-state index in [9.17, 15) is 0 Å². The van der Waals surface area contributed by atoms with Gasteiger partial charge in [-0.15, -0.1) is 10.2 Å². The largest absolute Gasteiger partial charge is 0.330 e. The third kappa shape index (κ3) is 2.37. The summed E-state index contributed by atoms with van der Waals surface area (Å²) < 4.78 is 3.66. The molecule has 1 aliphatic rings. The molecule has 1 fully saturated rings. The van der Waals surface area contributed by atoms with Crippen molar-refractivity contribution in [1.82, 2.24) is 35.2 Å². The van der Waals surface area contributed by atoms with E-state index in [2.05, 4.69) is 25.8 Å². The third-order valence-corrected chi connectivity index (χ3v) is 2.98. The molecule has 0 aliphatic heterocycles. The number of nitrogens with zero attached hydrogens (tertiary/aromatic N) is 7. The summed E-state index contributed by atoms with van der Waals surface area (Å²) in [5.41, 5.74) is 6.43. The number of aromatic nitrogens is 7. The van der Waals surface area contributed by atoms with Gasteiger partial charge in [-0.25, -0.2) is 9.36 Å². The lowest BCUT2D eigenvalue weighted by Gasteiger charge is -2.01. The van der Waals surface area contributed by atoms with Crippen molar-refractivity contribution < 1.29 is 0 Å². The standard InChI is InChI=1S/C10H16N8/c11-5-1-2-8-6-17(15-12-8)7-10-13-14-16-18(10)9-3-4-9/h6,9H,1-5,7,11H2. The monoisotopic (exact) mass is 248 g/mol. The van der Waals surface area contributed by atoms with Crippen molar-refractivity contribution in [3.05, 3.63) is 17.7 Å². The Morgan fingerprint density at radius 1 is 1.28 bits per heavy atom. The van der Waals surface area contributed by atoms with Gasteiger partial charge in [-0.2, -0.15) is 0 Å². The quantitative estimate of drug-likeness (QED) is 0.742. The molecule has 1 saturated carbocycles. The number of hydrogen-bond acceptors (Lipinski definition) is 6. The number of hydrogen-bond donors (Lipinski definition) is 1. The van der Waals surface area contributed by atoms with Crippen LogP contribution in [0.4, 0.5) is 0 Å². The Bertz CT molecular complexity index is 511. The van der Waals surface area contributed by atoms with Gasteiger partial charge in [0.1, 0.15) is 6.54 Å². The molecule has 3 rings (SSSR count). The lowest BCUT2D eigenvalue weighted by Crippen LogP contribution is -2.09. The zero-order valence-corrected chi connectivity index (χ0v) is 10.1. The highest BCUT2D eigenvalue weighted by Gasteiger charge is 2.27. The average molecular weight is 248 g/mol. The first kappa shape index (κ1) is 11.3. The minimum atomic E-state index is 0.482. The van der Waals surface area contributed by atoms with E-state index in [0.717, 1.165) is 37.2 Å². The van der Waals surface area contributed by atoms with Crippen molar-refractivity contribution in [2.45, 2.75) is 38.3 Å². The van der Waals surface area contributed by atoms with Gasteiger partial charge in [0.15, 0.2) is 5.82 Å². The Kier molecular flexibility index (Phi) is 3.01. The highest BCUT2D eigenvalue weighted by molar-refractivity contribution is 4.96. The summed E-state index contributed by atoms with van der Waals surface area (Å²) in [5, 5.41) is 20.0. The minimum absolute atomic E-state index is 0.482. The van der Waals surface area contributed by atoms with Crippen LogP contribution in [0.15, 0.2) is 6.20 Å². The Balaban J connectivity index is 1.67. The maximum absolute atomic E-state index is 5.47. The molecule has 0 saturated heterocycles. The van der Waals surface area contributed by atoms with Crippen LogP contribution in [0.3, 0.4) is 0 Å². The van der Waals surface area contributed by atoms with Gasteiger partial charge in [-0.1, -0.05) is 5.21 Å². The number of aryl methyl sites for hydroxylation is 1. The molecule has 96 valence electrons.